The number of rotatable bonds is 3. The van der Waals surface area contributed by atoms with Gasteiger partial charge in [-0.2, -0.15) is 9.36 Å². The van der Waals surface area contributed by atoms with Crippen LogP contribution in [0.5, 0.6) is 0 Å². The predicted molar refractivity (Wildman–Crippen MR) is 47.1 cm³/mol. The largest absolute Gasteiger partial charge is 0.468 e. The van der Waals surface area contributed by atoms with Crippen LogP contribution in [0.3, 0.4) is 0 Å². The molecule has 1 rings (SSSR count). The molecule has 66 valence electrons. The first-order valence-corrected chi connectivity index (χ1v) is 4.77. The molecule has 1 heterocycles. The van der Waals surface area contributed by atoms with Crippen LogP contribution >= 0.6 is 23.3 Å². The number of methoxy groups -OCH3 is 1. The predicted octanol–water partition coefficient (Wildman–Crippen LogP) is 0.385. The average Bonchev–Trinajstić information content (AvgIpc) is 2.47. The Labute approximate surface area is 77.5 Å². The monoisotopic (exact) mass is 205 g/mol. The lowest BCUT2D eigenvalue weighted by atomic mass is 10.8. The Morgan fingerprint density at radius 1 is 1.83 bits per heavy atom. The van der Waals surface area contributed by atoms with Crippen molar-refractivity contribution in [1.29, 1.82) is 0 Å². The van der Waals surface area contributed by atoms with Crippen LogP contribution in [0.15, 0.2) is 5.16 Å². The zero-order valence-electron chi connectivity index (χ0n) is 6.31. The van der Waals surface area contributed by atoms with Crippen LogP contribution in [0.25, 0.3) is 0 Å². The van der Waals surface area contributed by atoms with Crippen LogP contribution in [-0.2, 0) is 9.53 Å². The van der Waals surface area contributed by atoms with E-state index in [4.69, 9.17) is 5.73 Å². The minimum Gasteiger partial charge on any atom is -0.468 e. The first-order valence-electron chi connectivity index (χ1n) is 3.01. The molecular weight excluding hydrogens is 198 g/mol. The van der Waals surface area contributed by atoms with E-state index in [1.54, 1.807) is 0 Å². The number of anilines is 1. The molecule has 0 amide bonds. The fourth-order valence-electron chi connectivity index (χ4n) is 0.462. The lowest BCUT2D eigenvalue weighted by molar-refractivity contribution is -0.137. The summed E-state index contributed by atoms with van der Waals surface area (Å²) in [7, 11) is 1.34. The Bertz CT molecular complexity index is 275. The van der Waals surface area contributed by atoms with Crippen molar-refractivity contribution in [3.8, 4) is 0 Å². The zero-order valence-corrected chi connectivity index (χ0v) is 7.94. The first kappa shape index (κ1) is 9.27. The Kier molecular flexibility index (Phi) is 3.30. The molecule has 5 nitrogen and oxygen atoms in total. The number of hydrogen-bond donors (Lipinski definition) is 1. The number of aromatic nitrogens is 2. The summed E-state index contributed by atoms with van der Waals surface area (Å²) in [6, 6.07) is 0. The van der Waals surface area contributed by atoms with Crippen LogP contribution in [0.1, 0.15) is 0 Å². The molecular formula is C5H7N3O2S2. The van der Waals surface area contributed by atoms with Gasteiger partial charge in [-0.3, -0.25) is 4.79 Å². The number of thioether (sulfide) groups is 1. The molecule has 0 fully saturated rings. The number of esters is 1. The minimum atomic E-state index is -0.298. The average molecular weight is 205 g/mol. The summed E-state index contributed by atoms with van der Waals surface area (Å²) in [5, 5.41) is 0.922. The Morgan fingerprint density at radius 3 is 3.08 bits per heavy atom. The summed E-state index contributed by atoms with van der Waals surface area (Å²) in [5.74, 6) is -0.0829. The Morgan fingerprint density at radius 2 is 2.58 bits per heavy atom. The molecule has 2 N–H and O–H groups in total. The third-order valence-electron chi connectivity index (χ3n) is 0.970. The summed E-state index contributed by atoms with van der Waals surface area (Å²) in [4.78, 5) is 14.5. The summed E-state index contributed by atoms with van der Waals surface area (Å²) in [6.07, 6.45) is 0. The van der Waals surface area contributed by atoms with Gasteiger partial charge in [0.25, 0.3) is 0 Å². The molecule has 0 saturated carbocycles. The van der Waals surface area contributed by atoms with Crippen molar-refractivity contribution < 1.29 is 9.53 Å². The van der Waals surface area contributed by atoms with Gasteiger partial charge in [-0.25, -0.2) is 0 Å². The standard InChI is InChI=1S/C5H7N3O2S2/c1-10-3(9)2-11-5-7-4(6)12-8-5/h2H2,1H3,(H2,6,7,8). The van der Waals surface area contributed by atoms with E-state index >= 15 is 0 Å². The van der Waals surface area contributed by atoms with Crippen molar-refractivity contribution in [2.24, 2.45) is 0 Å². The highest BCUT2D eigenvalue weighted by molar-refractivity contribution is 7.99. The number of ether oxygens (including phenoxy) is 1. The summed E-state index contributed by atoms with van der Waals surface area (Å²) in [6.45, 7) is 0. The molecule has 1 aromatic rings. The van der Waals surface area contributed by atoms with E-state index in [0.29, 0.717) is 10.3 Å². The highest BCUT2D eigenvalue weighted by atomic mass is 32.2. The fourth-order valence-corrected chi connectivity index (χ4v) is 1.71. The van der Waals surface area contributed by atoms with Crippen LogP contribution in [0, 0.1) is 0 Å². The van der Waals surface area contributed by atoms with Gasteiger partial charge in [0.2, 0.25) is 10.3 Å². The number of nitrogen functional groups attached to an aromatic ring is 1. The molecule has 0 unspecified atom stereocenters. The van der Waals surface area contributed by atoms with Crippen LogP contribution in [0.2, 0.25) is 0 Å². The van der Waals surface area contributed by atoms with E-state index in [2.05, 4.69) is 14.1 Å². The SMILES string of the molecule is COC(=O)CSc1nsc(N)n1. The molecule has 0 bridgehead atoms. The third-order valence-corrected chi connectivity index (χ3v) is 2.45. The molecule has 0 saturated heterocycles. The lowest BCUT2D eigenvalue weighted by Crippen LogP contribution is -2.03. The fraction of sp³-hybridized carbons (Fsp3) is 0.400. The molecule has 0 aliphatic rings. The van der Waals surface area contributed by atoms with Gasteiger partial charge in [-0.05, 0) is 0 Å². The van der Waals surface area contributed by atoms with Gasteiger partial charge < -0.3 is 10.5 Å². The molecule has 7 heteroatoms. The van der Waals surface area contributed by atoms with E-state index in [0.717, 1.165) is 11.5 Å². The van der Waals surface area contributed by atoms with Crippen molar-refractivity contribution in [3.63, 3.8) is 0 Å². The molecule has 0 aliphatic heterocycles. The molecule has 0 radical (unpaired) electrons. The molecule has 12 heavy (non-hydrogen) atoms. The topological polar surface area (TPSA) is 78.1 Å². The van der Waals surface area contributed by atoms with Crippen molar-refractivity contribution >= 4 is 34.4 Å². The van der Waals surface area contributed by atoms with E-state index < -0.39 is 0 Å². The van der Waals surface area contributed by atoms with Crippen molar-refractivity contribution in [1.82, 2.24) is 9.36 Å². The van der Waals surface area contributed by atoms with Gasteiger partial charge in [-0.15, -0.1) is 0 Å². The number of nitrogens with two attached hydrogens (primary N) is 1. The lowest BCUT2D eigenvalue weighted by Gasteiger charge is -1.93. The van der Waals surface area contributed by atoms with Gasteiger partial charge >= 0.3 is 5.97 Å². The van der Waals surface area contributed by atoms with Gasteiger partial charge in [0.05, 0.1) is 12.9 Å². The summed E-state index contributed by atoms with van der Waals surface area (Å²) in [5.41, 5.74) is 5.33. The second kappa shape index (κ2) is 4.27. The van der Waals surface area contributed by atoms with Gasteiger partial charge in [0.15, 0.2) is 0 Å². The Balaban J connectivity index is 2.38. The second-order valence-corrected chi connectivity index (χ2v) is 3.51. The van der Waals surface area contributed by atoms with Gasteiger partial charge in [-0.1, -0.05) is 11.8 Å². The van der Waals surface area contributed by atoms with E-state index in [1.807, 2.05) is 0 Å². The van der Waals surface area contributed by atoms with Gasteiger partial charge in [0, 0.05) is 11.5 Å². The summed E-state index contributed by atoms with van der Waals surface area (Å²) < 4.78 is 8.32. The zero-order chi connectivity index (χ0) is 8.97. The maximum Gasteiger partial charge on any atom is 0.316 e. The number of carbonyl (C=O) groups excluding carboxylic acids is 1. The first-order chi connectivity index (χ1) is 5.72. The molecule has 0 aliphatic carbocycles. The highest BCUT2D eigenvalue weighted by Crippen LogP contribution is 2.17. The maximum absolute atomic E-state index is 10.7. The van der Waals surface area contributed by atoms with E-state index in [1.165, 1.54) is 18.9 Å². The second-order valence-electron chi connectivity index (χ2n) is 1.78. The van der Waals surface area contributed by atoms with E-state index in [9.17, 15) is 4.79 Å². The molecule has 0 atom stereocenters. The van der Waals surface area contributed by atoms with Crippen LogP contribution in [0.4, 0.5) is 5.13 Å². The van der Waals surface area contributed by atoms with E-state index in [-0.39, 0.29) is 11.7 Å². The quantitative estimate of drug-likeness (QED) is 0.568. The van der Waals surface area contributed by atoms with Crippen molar-refractivity contribution in [2.45, 2.75) is 5.16 Å². The molecule has 0 spiro atoms. The van der Waals surface area contributed by atoms with Crippen molar-refractivity contribution in [2.75, 3.05) is 18.6 Å². The minimum absolute atomic E-state index is 0.215. The van der Waals surface area contributed by atoms with Crippen LogP contribution in [-0.4, -0.2) is 28.2 Å². The number of carbonyl (C=O) groups is 1. The molecule has 0 aromatic carbocycles. The van der Waals surface area contributed by atoms with Crippen molar-refractivity contribution in [3.05, 3.63) is 0 Å². The Hall–Kier alpha value is -0.820. The normalized spacial score (nSPS) is 9.75. The smallest absolute Gasteiger partial charge is 0.316 e. The van der Waals surface area contributed by atoms with Gasteiger partial charge in [0.1, 0.15) is 0 Å². The summed E-state index contributed by atoms with van der Waals surface area (Å²) >= 11 is 2.31. The molecule has 1 aromatic heterocycles. The highest BCUT2D eigenvalue weighted by Gasteiger charge is 2.05. The number of hydrogen-bond acceptors (Lipinski definition) is 7. The third kappa shape index (κ3) is 2.67. The maximum atomic E-state index is 10.7. The number of nitrogens with zero attached hydrogens (tertiary/aromatic N) is 2. The van der Waals surface area contributed by atoms with Crippen LogP contribution < -0.4 is 5.73 Å².